The lowest BCUT2D eigenvalue weighted by Crippen LogP contribution is -2.33. The molecule has 0 aromatic heterocycles. The smallest absolute Gasteiger partial charge is 0.138 e. The summed E-state index contributed by atoms with van der Waals surface area (Å²) >= 11 is 9.44. The molecule has 0 radical (unpaired) electrons. The van der Waals surface area contributed by atoms with E-state index in [0.717, 1.165) is 42.9 Å². The fraction of sp³-hybridized carbons (Fsp3) is 0.571. The van der Waals surface area contributed by atoms with Gasteiger partial charge in [0.15, 0.2) is 0 Å². The van der Waals surface area contributed by atoms with Crippen LogP contribution in [0, 0.1) is 0 Å². The van der Waals surface area contributed by atoms with Crippen LogP contribution in [-0.2, 0) is 0 Å². The molecule has 1 N–H and O–H groups in total. The fourth-order valence-electron chi connectivity index (χ4n) is 1.73. The zero-order chi connectivity index (χ0) is 14.1. The summed E-state index contributed by atoms with van der Waals surface area (Å²) in [6.07, 6.45) is 0. The number of nitrogens with zero attached hydrogens (tertiary/aromatic N) is 1. The van der Waals surface area contributed by atoms with E-state index in [1.807, 2.05) is 18.2 Å². The fourth-order valence-corrected chi connectivity index (χ4v) is 2.46. The topological polar surface area (TPSA) is 24.5 Å². The number of likely N-dealkylation sites (N-methyl/N-ethyl adjacent to an activating group) is 1. The Hall–Kier alpha value is -0.290. The highest BCUT2D eigenvalue weighted by atomic mass is 79.9. The predicted molar refractivity (Wildman–Crippen MR) is 85.3 cm³/mol. The Morgan fingerprint density at radius 2 is 2.00 bits per heavy atom. The van der Waals surface area contributed by atoms with Crippen molar-refractivity contribution in [3.63, 3.8) is 0 Å². The van der Waals surface area contributed by atoms with Gasteiger partial charge >= 0.3 is 0 Å². The molecule has 0 aliphatic heterocycles. The Morgan fingerprint density at radius 1 is 1.26 bits per heavy atom. The second-order valence-electron chi connectivity index (χ2n) is 4.20. The molecule has 19 heavy (non-hydrogen) atoms. The summed E-state index contributed by atoms with van der Waals surface area (Å²) in [7, 11) is 0. The first-order valence-corrected chi connectivity index (χ1v) is 7.85. The van der Waals surface area contributed by atoms with Gasteiger partial charge in [0.2, 0.25) is 0 Å². The molecule has 108 valence electrons. The maximum atomic E-state index is 6.07. The van der Waals surface area contributed by atoms with Gasteiger partial charge in [0.25, 0.3) is 0 Å². The zero-order valence-electron chi connectivity index (χ0n) is 11.6. The van der Waals surface area contributed by atoms with E-state index in [4.69, 9.17) is 16.3 Å². The third kappa shape index (κ3) is 6.61. The molecule has 1 aromatic rings. The lowest BCUT2D eigenvalue weighted by atomic mass is 10.3. The molecule has 0 aliphatic rings. The first kappa shape index (κ1) is 16.8. The number of hydrogen-bond donors (Lipinski definition) is 1. The second-order valence-corrected chi connectivity index (χ2v) is 5.52. The van der Waals surface area contributed by atoms with Gasteiger partial charge in [-0.1, -0.05) is 41.4 Å². The summed E-state index contributed by atoms with van der Waals surface area (Å²) in [5.41, 5.74) is 0. The highest BCUT2D eigenvalue weighted by Crippen LogP contribution is 2.27. The van der Waals surface area contributed by atoms with Gasteiger partial charge in [-0.25, -0.2) is 0 Å². The molecule has 0 aliphatic carbocycles. The highest BCUT2D eigenvalue weighted by Gasteiger charge is 2.02. The quantitative estimate of drug-likeness (QED) is 0.691. The van der Waals surface area contributed by atoms with E-state index in [2.05, 4.69) is 40.0 Å². The van der Waals surface area contributed by atoms with Crippen molar-refractivity contribution in [3.8, 4) is 5.75 Å². The van der Waals surface area contributed by atoms with Crippen LogP contribution in [0.1, 0.15) is 13.8 Å². The van der Waals surface area contributed by atoms with Gasteiger partial charge < -0.3 is 15.0 Å². The van der Waals surface area contributed by atoms with Crippen LogP contribution in [0.15, 0.2) is 22.7 Å². The van der Waals surface area contributed by atoms with Gasteiger partial charge in [0.05, 0.1) is 5.02 Å². The van der Waals surface area contributed by atoms with Crippen molar-refractivity contribution in [3.05, 3.63) is 27.7 Å². The van der Waals surface area contributed by atoms with Crippen LogP contribution in [0.5, 0.6) is 5.75 Å². The summed E-state index contributed by atoms with van der Waals surface area (Å²) in [4.78, 5) is 2.39. The second kappa shape index (κ2) is 9.59. The van der Waals surface area contributed by atoms with Crippen molar-refractivity contribution < 1.29 is 4.74 Å². The monoisotopic (exact) mass is 348 g/mol. The molecule has 5 heteroatoms. The van der Waals surface area contributed by atoms with E-state index in [9.17, 15) is 0 Å². The molecule has 0 amide bonds. The van der Waals surface area contributed by atoms with E-state index in [-0.39, 0.29) is 0 Å². The van der Waals surface area contributed by atoms with Crippen LogP contribution >= 0.6 is 27.5 Å². The van der Waals surface area contributed by atoms with Gasteiger partial charge in [-0.3, -0.25) is 0 Å². The number of rotatable bonds is 9. The number of halogens is 2. The van der Waals surface area contributed by atoms with Crippen molar-refractivity contribution in [2.75, 3.05) is 39.3 Å². The molecule has 0 spiro atoms. The standard InChI is InChI=1S/C14H22BrClN2O/c1-3-18(4-2)9-7-17-8-10-19-14-6-5-12(15)11-13(14)16/h5-6,11,17H,3-4,7-10H2,1-2H3. The molecule has 0 bridgehead atoms. The van der Waals surface area contributed by atoms with Gasteiger partial charge in [-0.15, -0.1) is 0 Å². The predicted octanol–water partition coefficient (Wildman–Crippen LogP) is 3.41. The minimum absolute atomic E-state index is 0.625. The molecule has 3 nitrogen and oxygen atoms in total. The maximum absolute atomic E-state index is 6.07. The van der Waals surface area contributed by atoms with Crippen LogP contribution in [-0.4, -0.2) is 44.2 Å². The van der Waals surface area contributed by atoms with Gasteiger partial charge in [-0.05, 0) is 31.3 Å². The first-order valence-electron chi connectivity index (χ1n) is 6.68. The van der Waals surface area contributed by atoms with Crippen LogP contribution in [0.4, 0.5) is 0 Å². The number of benzene rings is 1. The Labute approximate surface area is 129 Å². The Bertz CT molecular complexity index is 372. The van der Waals surface area contributed by atoms with E-state index < -0.39 is 0 Å². The lowest BCUT2D eigenvalue weighted by molar-refractivity contribution is 0.285. The zero-order valence-corrected chi connectivity index (χ0v) is 13.9. The van der Waals surface area contributed by atoms with E-state index in [1.165, 1.54) is 0 Å². The maximum Gasteiger partial charge on any atom is 0.138 e. The Morgan fingerprint density at radius 3 is 2.63 bits per heavy atom. The summed E-state index contributed by atoms with van der Waals surface area (Å²) in [6, 6.07) is 5.64. The van der Waals surface area contributed by atoms with Crippen LogP contribution in [0.2, 0.25) is 5.02 Å². The van der Waals surface area contributed by atoms with Crippen LogP contribution < -0.4 is 10.1 Å². The molecule has 0 atom stereocenters. The molecule has 0 heterocycles. The van der Waals surface area contributed by atoms with Crippen molar-refractivity contribution in [2.24, 2.45) is 0 Å². The average Bonchev–Trinajstić information content (AvgIpc) is 2.40. The third-order valence-electron chi connectivity index (χ3n) is 2.93. The minimum atomic E-state index is 0.625. The minimum Gasteiger partial charge on any atom is -0.491 e. The largest absolute Gasteiger partial charge is 0.491 e. The van der Waals surface area contributed by atoms with Crippen molar-refractivity contribution >= 4 is 27.5 Å². The molecule has 0 saturated heterocycles. The first-order chi connectivity index (χ1) is 9.17. The number of nitrogens with one attached hydrogen (secondary N) is 1. The Balaban J connectivity index is 2.14. The summed E-state index contributed by atoms with van der Waals surface area (Å²) in [5.74, 6) is 0.732. The highest BCUT2D eigenvalue weighted by molar-refractivity contribution is 9.10. The summed E-state index contributed by atoms with van der Waals surface area (Å²) in [6.45, 7) is 10.1. The van der Waals surface area contributed by atoms with Gasteiger partial charge in [0, 0.05) is 24.1 Å². The average molecular weight is 350 g/mol. The summed E-state index contributed by atoms with van der Waals surface area (Å²) < 4.78 is 6.58. The number of ether oxygens (including phenoxy) is 1. The normalized spacial score (nSPS) is 11.0. The summed E-state index contributed by atoms with van der Waals surface area (Å²) in [5, 5.41) is 4.00. The SMILES string of the molecule is CCN(CC)CCNCCOc1ccc(Br)cc1Cl. The number of hydrogen-bond acceptors (Lipinski definition) is 3. The third-order valence-corrected chi connectivity index (χ3v) is 3.72. The van der Waals surface area contributed by atoms with Crippen molar-refractivity contribution in [1.82, 2.24) is 10.2 Å². The molecular weight excluding hydrogens is 328 g/mol. The molecule has 0 saturated carbocycles. The Kier molecular flexibility index (Phi) is 8.46. The van der Waals surface area contributed by atoms with Crippen LogP contribution in [0.3, 0.4) is 0 Å². The van der Waals surface area contributed by atoms with Gasteiger partial charge in [-0.2, -0.15) is 0 Å². The molecule has 0 fully saturated rings. The van der Waals surface area contributed by atoms with E-state index >= 15 is 0 Å². The molecule has 1 rings (SSSR count). The van der Waals surface area contributed by atoms with Crippen molar-refractivity contribution in [1.29, 1.82) is 0 Å². The molecule has 0 unspecified atom stereocenters. The van der Waals surface area contributed by atoms with E-state index in [1.54, 1.807) is 0 Å². The molecule has 1 aromatic carbocycles. The lowest BCUT2D eigenvalue weighted by Gasteiger charge is -2.18. The van der Waals surface area contributed by atoms with Gasteiger partial charge in [0.1, 0.15) is 12.4 Å². The van der Waals surface area contributed by atoms with Crippen LogP contribution in [0.25, 0.3) is 0 Å². The molecular formula is C14H22BrClN2O. The van der Waals surface area contributed by atoms with E-state index in [0.29, 0.717) is 11.6 Å². The van der Waals surface area contributed by atoms with Crippen molar-refractivity contribution in [2.45, 2.75) is 13.8 Å².